The average Bonchev–Trinajstić information content (AvgIpc) is 3.86. The van der Waals surface area contributed by atoms with Gasteiger partial charge in [0, 0.05) is 18.2 Å². The number of aromatic nitrogens is 3. The van der Waals surface area contributed by atoms with Gasteiger partial charge in [0.05, 0.1) is 29.1 Å². The van der Waals surface area contributed by atoms with Crippen LogP contribution >= 0.6 is 0 Å². The van der Waals surface area contributed by atoms with Crippen molar-refractivity contribution in [2.45, 2.75) is 149 Å². The number of aryl methyl sites for hydroxylation is 1. The van der Waals surface area contributed by atoms with Crippen LogP contribution in [0, 0.1) is 25.2 Å². The molecule has 1 unspecified atom stereocenters. The zero-order valence-electron chi connectivity index (χ0n) is 36.3. The number of benzene rings is 1. The number of hydrogen-bond acceptors (Lipinski definition) is 10. The first kappa shape index (κ1) is 44.9. The fourth-order valence-corrected chi connectivity index (χ4v) is 8.53. The minimum absolute atomic E-state index is 0.0240. The molecule has 16 nitrogen and oxygen atoms in total. The Balaban J connectivity index is 1.29. The van der Waals surface area contributed by atoms with E-state index in [1.165, 1.54) is 18.2 Å². The van der Waals surface area contributed by atoms with Crippen LogP contribution in [0.2, 0.25) is 0 Å². The normalized spacial score (nSPS) is 19.7. The highest BCUT2D eigenvalue weighted by Gasteiger charge is 2.47. The number of H-pyrrole nitrogens is 1. The second kappa shape index (κ2) is 18.9. The summed E-state index contributed by atoms with van der Waals surface area (Å²) < 4.78 is 6.41. The van der Waals surface area contributed by atoms with E-state index in [1.807, 2.05) is 31.2 Å². The van der Waals surface area contributed by atoms with Crippen LogP contribution in [0.4, 0.5) is 0 Å². The van der Waals surface area contributed by atoms with Gasteiger partial charge in [-0.2, -0.15) is 0 Å². The van der Waals surface area contributed by atoms with Gasteiger partial charge in [0.1, 0.15) is 36.3 Å². The number of nitrogens with one attached hydrogen (secondary N) is 5. The van der Waals surface area contributed by atoms with Crippen molar-refractivity contribution in [3.63, 3.8) is 0 Å². The molecule has 1 saturated heterocycles. The quantitative estimate of drug-likeness (QED) is 0.102. The maximum atomic E-state index is 15.0. The Morgan fingerprint density at radius 2 is 1.64 bits per heavy atom. The van der Waals surface area contributed by atoms with Crippen molar-refractivity contribution in [3.05, 3.63) is 53.1 Å². The Kier molecular flexibility index (Phi) is 13.9. The molecule has 328 valence electrons. The van der Waals surface area contributed by atoms with Crippen LogP contribution in [0.1, 0.15) is 131 Å². The monoisotopic (exact) mass is 840 g/mol. The van der Waals surface area contributed by atoms with Gasteiger partial charge in [-0.25, -0.2) is 9.97 Å². The van der Waals surface area contributed by atoms with E-state index in [1.54, 1.807) is 34.6 Å². The van der Waals surface area contributed by atoms with Crippen molar-refractivity contribution in [3.8, 4) is 5.88 Å². The predicted molar refractivity (Wildman–Crippen MR) is 227 cm³/mol. The first-order valence-corrected chi connectivity index (χ1v) is 21.6. The first-order valence-electron chi connectivity index (χ1n) is 21.6. The molecule has 2 aromatic heterocycles. The number of likely N-dealkylation sites (tertiary alicyclic amines) is 1. The number of fused-ring (bicyclic) bond motifs is 1. The van der Waals surface area contributed by atoms with Gasteiger partial charge < -0.3 is 35.9 Å². The van der Waals surface area contributed by atoms with Crippen LogP contribution in [0.15, 0.2) is 30.6 Å². The van der Waals surface area contributed by atoms with Gasteiger partial charge in [-0.3, -0.25) is 33.6 Å². The van der Waals surface area contributed by atoms with E-state index < -0.39 is 71.0 Å². The third kappa shape index (κ3) is 10.4. The summed E-state index contributed by atoms with van der Waals surface area (Å²) in [5, 5.41) is 12.0. The van der Waals surface area contributed by atoms with Gasteiger partial charge >= 0.3 is 0 Å². The SMILES string of the molecule is CCC[C@H](NC(=O)[C@@H]1C[C@@H](Oc2ncnc3ccccc23)CN1C(=O)[C@@H](NC(=O)C(NC(=O)c1[nH]c(C)c(C)c1C(C)=O)C1CCCCC1)C(C)(C)C)C(=O)C(=O)NC1CC1. The molecule has 3 aliphatic rings. The lowest BCUT2D eigenvalue weighted by molar-refractivity contribution is -0.145. The zero-order valence-corrected chi connectivity index (χ0v) is 36.3. The van der Waals surface area contributed by atoms with Gasteiger partial charge in [-0.15, -0.1) is 0 Å². The highest BCUT2D eigenvalue weighted by molar-refractivity contribution is 6.38. The summed E-state index contributed by atoms with van der Waals surface area (Å²) in [6, 6.07) is 2.76. The fraction of sp³-hybridized carbons (Fsp3) is 0.578. The lowest BCUT2D eigenvalue weighted by atomic mass is 9.82. The molecule has 0 spiro atoms. The number of ketones is 2. The van der Waals surface area contributed by atoms with Gasteiger partial charge in [-0.05, 0) is 81.9 Å². The summed E-state index contributed by atoms with van der Waals surface area (Å²) in [7, 11) is 0. The zero-order chi connectivity index (χ0) is 44.2. The molecule has 2 saturated carbocycles. The van der Waals surface area contributed by atoms with Gasteiger partial charge in [0.2, 0.25) is 29.4 Å². The third-order valence-electron chi connectivity index (χ3n) is 12.1. The Labute approximate surface area is 356 Å². The molecule has 3 heterocycles. The van der Waals surface area contributed by atoms with Crippen LogP contribution < -0.4 is 26.0 Å². The molecule has 61 heavy (non-hydrogen) atoms. The van der Waals surface area contributed by atoms with Crippen LogP contribution in [-0.2, 0) is 24.0 Å². The van der Waals surface area contributed by atoms with E-state index in [9.17, 15) is 28.8 Å². The van der Waals surface area contributed by atoms with E-state index >= 15 is 4.79 Å². The molecule has 3 aromatic rings. The van der Waals surface area contributed by atoms with Crippen LogP contribution in [0.3, 0.4) is 0 Å². The van der Waals surface area contributed by atoms with Crippen LogP contribution in [-0.4, -0.2) is 104 Å². The standard InChI is InChI=1S/C45H60N8O8/c1-8-14-32(37(55)42(59)49-28-19-20-28)50-39(56)33-21-29(61-43-30-17-12-13-18-31(30)46-23-47-43)22-53(33)44(60)38(45(5,6)7)52-40(57)35(27-15-10-9-11-16-27)51-41(58)36-34(26(4)54)24(2)25(3)48-36/h12-13,17-18,23,27-29,32-33,35,38,48H,8-11,14-16,19-22H2,1-7H3,(H,49,59)(H,50,56)(H,51,58)(H,52,57)/t29-,32+,33+,35?,38-/m1/s1. The number of rotatable bonds is 16. The van der Waals surface area contributed by atoms with Crippen LogP contribution in [0.5, 0.6) is 5.88 Å². The summed E-state index contributed by atoms with van der Waals surface area (Å²) in [6.45, 7) is 12.1. The van der Waals surface area contributed by atoms with E-state index in [0.717, 1.165) is 32.1 Å². The number of nitrogens with zero attached hydrogens (tertiary/aromatic N) is 3. The van der Waals surface area contributed by atoms with Gasteiger partial charge in [0.15, 0.2) is 5.78 Å². The number of carbonyl (C=O) groups excluding carboxylic acids is 7. The molecule has 1 aliphatic heterocycles. The lowest BCUT2D eigenvalue weighted by Crippen LogP contribution is -2.62. The van der Waals surface area contributed by atoms with Crippen molar-refractivity contribution < 1.29 is 38.3 Å². The Hall–Kier alpha value is -5.67. The number of amides is 5. The molecule has 16 heteroatoms. The molecule has 5 amide bonds. The largest absolute Gasteiger partial charge is 0.472 e. The predicted octanol–water partition coefficient (Wildman–Crippen LogP) is 4.17. The molecule has 3 fully saturated rings. The maximum Gasteiger partial charge on any atom is 0.289 e. The summed E-state index contributed by atoms with van der Waals surface area (Å²) >= 11 is 0. The second-order valence-corrected chi connectivity index (χ2v) is 18.0. The maximum absolute atomic E-state index is 15.0. The number of para-hydroxylation sites is 1. The minimum Gasteiger partial charge on any atom is -0.472 e. The van der Waals surface area contributed by atoms with E-state index in [4.69, 9.17) is 4.74 Å². The summed E-state index contributed by atoms with van der Waals surface area (Å²) in [5.41, 5.74) is 1.41. The first-order chi connectivity index (χ1) is 29.0. The van der Waals surface area contributed by atoms with E-state index in [0.29, 0.717) is 41.4 Å². The number of ether oxygens (including phenoxy) is 1. The summed E-state index contributed by atoms with van der Waals surface area (Å²) in [4.78, 5) is 110. The highest BCUT2D eigenvalue weighted by atomic mass is 16.5. The van der Waals surface area contributed by atoms with Crippen molar-refractivity contribution in [1.82, 2.24) is 41.1 Å². The molecule has 5 atom stereocenters. The third-order valence-corrected chi connectivity index (χ3v) is 12.1. The Bertz CT molecular complexity index is 2160. The van der Waals surface area contributed by atoms with Gasteiger partial charge in [0.25, 0.3) is 11.8 Å². The molecular formula is C45H60N8O8. The molecule has 0 bridgehead atoms. The van der Waals surface area contributed by atoms with Gasteiger partial charge in [-0.1, -0.05) is 65.5 Å². The molecule has 0 radical (unpaired) electrons. The average molecular weight is 841 g/mol. The Morgan fingerprint density at radius 1 is 0.934 bits per heavy atom. The van der Waals surface area contributed by atoms with Crippen LogP contribution in [0.25, 0.3) is 10.9 Å². The Morgan fingerprint density at radius 3 is 2.30 bits per heavy atom. The molecule has 5 N–H and O–H groups in total. The van der Waals surface area contributed by atoms with E-state index in [2.05, 4.69) is 36.2 Å². The van der Waals surface area contributed by atoms with Crippen molar-refractivity contribution in [2.24, 2.45) is 11.3 Å². The molecule has 6 rings (SSSR count). The molecule has 2 aliphatic carbocycles. The highest BCUT2D eigenvalue weighted by Crippen LogP contribution is 2.32. The smallest absolute Gasteiger partial charge is 0.289 e. The summed E-state index contributed by atoms with van der Waals surface area (Å²) in [6.07, 6.45) is 7.03. The lowest BCUT2D eigenvalue weighted by Gasteiger charge is -2.37. The molecule has 1 aromatic carbocycles. The number of carbonyl (C=O) groups is 7. The van der Waals surface area contributed by atoms with Crippen molar-refractivity contribution in [2.75, 3.05) is 6.54 Å². The summed E-state index contributed by atoms with van der Waals surface area (Å²) in [5.74, 6) is -4.12. The number of aromatic amines is 1. The van der Waals surface area contributed by atoms with E-state index in [-0.39, 0.29) is 54.3 Å². The van der Waals surface area contributed by atoms with Crippen molar-refractivity contribution >= 4 is 52.0 Å². The minimum atomic E-state index is -1.18. The fourth-order valence-electron chi connectivity index (χ4n) is 8.53. The second-order valence-electron chi connectivity index (χ2n) is 18.0. The number of hydrogen-bond donors (Lipinski definition) is 5. The molecular weight excluding hydrogens is 781 g/mol. The topological polar surface area (TPSA) is 222 Å². The van der Waals surface area contributed by atoms with Crippen molar-refractivity contribution in [1.29, 1.82) is 0 Å². The number of Topliss-reactive ketones (excluding diaryl/α,β-unsaturated/α-hetero) is 2.